The van der Waals surface area contributed by atoms with Crippen LogP contribution in [-0.2, 0) is 9.53 Å². The molecule has 1 aliphatic rings. The van der Waals surface area contributed by atoms with E-state index in [1.807, 2.05) is 14.0 Å². The lowest BCUT2D eigenvalue weighted by molar-refractivity contribution is -0.155. The molecule has 1 atom stereocenters. The lowest BCUT2D eigenvalue weighted by atomic mass is 9.93. The van der Waals surface area contributed by atoms with Crippen LogP contribution in [0, 0.1) is 0 Å². The minimum Gasteiger partial charge on any atom is -0.479 e. The van der Waals surface area contributed by atoms with Crippen molar-refractivity contribution < 1.29 is 14.6 Å². The Morgan fingerprint density at radius 2 is 2.07 bits per heavy atom. The minimum absolute atomic E-state index is 0.135. The molecule has 0 bridgehead atoms. The third kappa shape index (κ3) is 3.80. The van der Waals surface area contributed by atoms with Crippen molar-refractivity contribution in [2.45, 2.75) is 57.3 Å². The maximum atomic E-state index is 10.8. The Balaban J connectivity index is 2.31. The summed E-state index contributed by atoms with van der Waals surface area (Å²) in [5, 5.41) is 12.1. The van der Waals surface area contributed by atoms with Crippen LogP contribution < -0.4 is 5.32 Å². The molecule has 1 rings (SSSR count). The third-order valence-corrected chi connectivity index (χ3v) is 3.09. The number of hydrogen-bond donors (Lipinski definition) is 2. The van der Waals surface area contributed by atoms with E-state index in [9.17, 15) is 4.79 Å². The largest absolute Gasteiger partial charge is 0.479 e. The zero-order chi connectivity index (χ0) is 11.3. The van der Waals surface area contributed by atoms with E-state index in [0.717, 1.165) is 25.7 Å². The van der Waals surface area contributed by atoms with Gasteiger partial charge in [-0.1, -0.05) is 6.92 Å². The van der Waals surface area contributed by atoms with Crippen LogP contribution in [0.2, 0.25) is 0 Å². The molecule has 0 aromatic rings. The zero-order valence-electron chi connectivity index (χ0n) is 9.53. The van der Waals surface area contributed by atoms with Crippen LogP contribution in [0.1, 0.15) is 39.0 Å². The molecule has 1 saturated carbocycles. The Labute approximate surface area is 91.0 Å². The number of hydrogen-bond acceptors (Lipinski definition) is 3. The van der Waals surface area contributed by atoms with Crippen molar-refractivity contribution in [3.63, 3.8) is 0 Å². The van der Waals surface area contributed by atoms with E-state index in [-0.39, 0.29) is 6.10 Å². The molecule has 0 spiro atoms. The number of aliphatic carboxylic acids is 1. The molecule has 15 heavy (non-hydrogen) atoms. The van der Waals surface area contributed by atoms with Crippen molar-refractivity contribution in [1.82, 2.24) is 5.32 Å². The van der Waals surface area contributed by atoms with Crippen LogP contribution in [-0.4, -0.2) is 36.4 Å². The summed E-state index contributed by atoms with van der Waals surface area (Å²) in [6.45, 7) is 1.85. The number of ether oxygens (including phenoxy) is 1. The first-order valence-corrected chi connectivity index (χ1v) is 5.72. The summed E-state index contributed by atoms with van der Waals surface area (Å²) >= 11 is 0. The fraction of sp³-hybridized carbons (Fsp3) is 0.909. The molecule has 0 amide bonds. The van der Waals surface area contributed by atoms with Crippen molar-refractivity contribution in [3.8, 4) is 0 Å². The maximum absolute atomic E-state index is 10.8. The number of rotatable bonds is 5. The summed E-state index contributed by atoms with van der Waals surface area (Å²) in [5.41, 5.74) is 0. The SMILES string of the molecule is CCC(OC1CCC(NC)CC1)C(=O)O. The lowest BCUT2D eigenvalue weighted by Crippen LogP contribution is -2.36. The Kier molecular flexibility index (Phi) is 5.05. The van der Waals surface area contributed by atoms with Gasteiger partial charge in [-0.25, -0.2) is 4.79 Å². The second kappa shape index (κ2) is 6.08. The van der Waals surface area contributed by atoms with Crippen LogP contribution in [0.5, 0.6) is 0 Å². The molecule has 4 nitrogen and oxygen atoms in total. The van der Waals surface area contributed by atoms with Gasteiger partial charge in [0.15, 0.2) is 6.10 Å². The van der Waals surface area contributed by atoms with Crippen LogP contribution in [0.4, 0.5) is 0 Å². The average molecular weight is 215 g/mol. The molecule has 0 aromatic heterocycles. The highest BCUT2D eigenvalue weighted by atomic mass is 16.5. The first-order valence-electron chi connectivity index (χ1n) is 5.72. The topological polar surface area (TPSA) is 58.6 Å². The Morgan fingerprint density at radius 3 is 2.47 bits per heavy atom. The van der Waals surface area contributed by atoms with E-state index in [2.05, 4.69) is 5.32 Å². The molecule has 1 fully saturated rings. The van der Waals surface area contributed by atoms with Gasteiger partial charge in [0.1, 0.15) is 0 Å². The second-order valence-electron chi connectivity index (χ2n) is 4.13. The lowest BCUT2D eigenvalue weighted by Gasteiger charge is -2.29. The first kappa shape index (κ1) is 12.5. The second-order valence-corrected chi connectivity index (χ2v) is 4.13. The summed E-state index contributed by atoms with van der Waals surface area (Å²) in [7, 11) is 1.97. The van der Waals surface area contributed by atoms with Crippen LogP contribution >= 0.6 is 0 Å². The molecule has 88 valence electrons. The third-order valence-electron chi connectivity index (χ3n) is 3.09. The van der Waals surface area contributed by atoms with Gasteiger partial charge < -0.3 is 15.2 Å². The monoisotopic (exact) mass is 215 g/mol. The smallest absolute Gasteiger partial charge is 0.332 e. The van der Waals surface area contributed by atoms with Gasteiger partial charge in [-0.05, 0) is 39.2 Å². The fourth-order valence-electron chi connectivity index (χ4n) is 2.05. The summed E-state index contributed by atoms with van der Waals surface area (Å²) in [6, 6.07) is 0.578. The first-order chi connectivity index (χ1) is 7.17. The standard InChI is InChI=1S/C11H21NO3/c1-3-10(11(13)14)15-9-6-4-8(12-2)5-7-9/h8-10,12H,3-7H2,1-2H3,(H,13,14). The summed E-state index contributed by atoms with van der Waals surface area (Å²) in [4.78, 5) is 10.8. The molecule has 0 heterocycles. The highest BCUT2D eigenvalue weighted by molar-refractivity contribution is 5.72. The van der Waals surface area contributed by atoms with Gasteiger partial charge in [-0.2, -0.15) is 0 Å². The molecule has 1 aliphatic carbocycles. The molecule has 0 saturated heterocycles. The van der Waals surface area contributed by atoms with Gasteiger partial charge in [0, 0.05) is 6.04 Å². The van der Waals surface area contributed by atoms with Crippen molar-refractivity contribution in [3.05, 3.63) is 0 Å². The van der Waals surface area contributed by atoms with Gasteiger partial charge in [-0.3, -0.25) is 0 Å². The van der Waals surface area contributed by atoms with Gasteiger partial charge in [0.2, 0.25) is 0 Å². The summed E-state index contributed by atoms with van der Waals surface area (Å²) in [5.74, 6) is -0.840. The number of carboxylic acids is 1. The van der Waals surface area contributed by atoms with Crippen molar-refractivity contribution in [1.29, 1.82) is 0 Å². The van der Waals surface area contributed by atoms with Gasteiger partial charge >= 0.3 is 5.97 Å². The van der Waals surface area contributed by atoms with E-state index in [0.29, 0.717) is 12.5 Å². The molecule has 2 N–H and O–H groups in total. The Morgan fingerprint density at radius 1 is 1.47 bits per heavy atom. The number of carbonyl (C=O) groups is 1. The highest BCUT2D eigenvalue weighted by Crippen LogP contribution is 2.22. The zero-order valence-corrected chi connectivity index (χ0v) is 9.53. The van der Waals surface area contributed by atoms with Crippen molar-refractivity contribution in [2.24, 2.45) is 0 Å². The molecule has 4 heteroatoms. The Bertz CT molecular complexity index is 200. The Hall–Kier alpha value is -0.610. The van der Waals surface area contributed by atoms with Crippen LogP contribution in [0.3, 0.4) is 0 Å². The van der Waals surface area contributed by atoms with E-state index in [1.165, 1.54) is 0 Å². The van der Waals surface area contributed by atoms with Crippen LogP contribution in [0.15, 0.2) is 0 Å². The fourth-order valence-corrected chi connectivity index (χ4v) is 2.05. The quantitative estimate of drug-likeness (QED) is 0.727. The van der Waals surface area contributed by atoms with E-state index in [1.54, 1.807) is 0 Å². The van der Waals surface area contributed by atoms with E-state index < -0.39 is 12.1 Å². The highest BCUT2D eigenvalue weighted by Gasteiger charge is 2.25. The summed E-state index contributed by atoms with van der Waals surface area (Å²) in [6.07, 6.45) is 4.15. The number of nitrogens with one attached hydrogen (secondary N) is 1. The summed E-state index contributed by atoms with van der Waals surface area (Å²) < 4.78 is 5.57. The molecule has 0 radical (unpaired) electrons. The molecule has 0 aliphatic heterocycles. The molecular weight excluding hydrogens is 194 g/mol. The molecule has 0 aromatic carbocycles. The van der Waals surface area contributed by atoms with Gasteiger partial charge in [0.05, 0.1) is 6.10 Å². The minimum atomic E-state index is -0.840. The predicted molar refractivity (Wildman–Crippen MR) is 57.9 cm³/mol. The average Bonchev–Trinajstić information content (AvgIpc) is 2.26. The normalized spacial score (nSPS) is 28.7. The van der Waals surface area contributed by atoms with Crippen LogP contribution in [0.25, 0.3) is 0 Å². The predicted octanol–water partition coefficient (Wildman–Crippen LogP) is 1.40. The van der Waals surface area contributed by atoms with Crippen molar-refractivity contribution in [2.75, 3.05) is 7.05 Å². The van der Waals surface area contributed by atoms with Crippen molar-refractivity contribution >= 4 is 5.97 Å². The van der Waals surface area contributed by atoms with Gasteiger partial charge in [0.25, 0.3) is 0 Å². The molecule has 1 unspecified atom stereocenters. The van der Waals surface area contributed by atoms with E-state index in [4.69, 9.17) is 9.84 Å². The van der Waals surface area contributed by atoms with Gasteiger partial charge in [-0.15, -0.1) is 0 Å². The molecular formula is C11H21NO3. The maximum Gasteiger partial charge on any atom is 0.332 e. The number of carboxylic acid groups (broad SMARTS) is 1. The van der Waals surface area contributed by atoms with E-state index >= 15 is 0 Å².